The molecule has 0 saturated carbocycles. The fourth-order valence-electron chi connectivity index (χ4n) is 3.31. The number of halogens is 6. The van der Waals surface area contributed by atoms with Gasteiger partial charge in [0, 0.05) is 41.5 Å². The van der Waals surface area contributed by atoms with Crippen molar-refractivity contribution < 1.29 is 123 Å². The number of carbonyl (C=O) groups is 1. The van der Waals surface area contributed by atoms with Gasteiger partial charge in [0.25, 0.3) is 0 Å². The van der Waals surface area contributed by atoms with Crippen molar-refractivity contribution in [1.29, 1.82) is 0 Å². The minimum absolute atomic E-state index is 0. The molecule has 0 unspecified atom stereocenters. The first kappa shape index (κ1) is 31.5. The average molecular weight is 791 g/mol. The second-order valence-corrected chi connectivity index (χ2v) is 10.6. The molecule has 0 fully saturated rings. The molecule has 1 aliphatic rings. The average Bonchev–Trinajstić information content (AvgIpc) is 2.71. The maximum atomic E-state index is 12.5. The smallest absolute Gasteiger partial charge is 0.871 e. The molecule has 4 rings (SSSR count). The summed E-state index contributed by atoms with van der Waals surface area (Å²) in [5.74, 6) is -1.27. The zero-order valence-corrected chi connectivity index (χ0v) is 31.0. The molecule has 3 aromatic carbocycles. The molecule has 0 aliphatic carbocycles. The van der Waals surface area contributed by atoms with Crippen LogP contribution in [0.15, 0.2) is 42.2 Å². The Kier molecular flexibility index (Phi) is 11.8. The first-order chi connectivity index (χ1) is 14.5. The van der Waals surface area contributed by atoms with E-state index in [0.717, 1.165) is 0 Å². The van der Waals surface area contributed by atoms with Crippen LogP contribution in [0.5, 0.6) is 17.2 Å². The van der Waals surface area contributed by atoms with Crippen molar-refractivity contribution in [3.8, 4) is 17.2 Å². The maximum Gasteiger partial charge on any atom is 1.00 e. The van der Waals surface area contributed by atoms with Crippen LogP contribution in [0.1, 0.15) is 21.5 Å². The Morgan fingerprint density at radius 2 is 1.55 bits per heavy atom. The Morgan fingerprint density at radius 1 is 0.939 bits per heavy atom. The van der Waals surface area contributed by atoms with Gasteiger partial charge in [-0.05, 0) is 61.3 Å². The molecule has 1 aliphatic heterocycles. The summed E-state index contributed by atoms with van der Waals surface area (Å²) < 4.78 is 7.68. The van der Waals surface area contributed by atoms with Crippen molar-refractivity contribution >= 4 is 105 Å². The minimum Gasteiger partial charge on any atom is -0.871 e. The van der Waals surface area contributed by atoms with E-state index in [1.165, 1.54) is 12.1 Å². The van der Waals surface area contributed by atoms with E-state index >= 15 is 0 Å². The zero-order chi connectivity index (χ0) is 22.8. The van der Waals surface area contributed by atoms with Gasteiger partial charge in [-0.3, -0.25) is 0 Å². The van der Waals surface area contributed by atoms with E-state index in [2.05, 4.69) is 70.3 Å². The summed E-state index contributed by atoms with van der Waals surface area (Å²) in [4.78, 5) is 12.0. The van der Waals surface area contributed by atoms with E-state index in [0.29, 0.717) is 36.3 Å². The Hall–Kier alpha value is 2.24. The van der Waals surface area contributed by atoms with E-state index in [4.69, 9.17) is 27.9 Å². The van der Waals surface area contributed by atoms with Crippen molar-refractivity contribution in [2.45, 2.75) is 0 Å². The third-order valence-electron chi connectivity index (χ3n) is 4.70. The summed E-state index contributed by atoms with van der Waals surface area (Å²) in [6.45, 7) is 4.00. The molecule has 158 valence electrons. The van der Waals surface area contributed by atoms with E-state index in [-0.39, 0.29) is 144 Å². The van der Waals surface area contributed by atoms with Crippen LogP contribution in [0, 0.1) is 0 Å². The summed E-state index contributed by atoms with van der Waals surface area (Å²) in [6, 6.07) is 6.18. The van der Waals surface area contributed by atoms with Gasteiger partial charge in [0.1, 0.15) is 11.5 Å². The molecule has 0 spiro atoms. The van der Waals surface area contributed by atoms with Crippen LogP contribution in [0.25, 0.3) is 12.2 Å². The number of hydrogen-bond donors (Lipinski definition) is 0. The second-order valence-electron chi connectivity index (χ2n) is 6.45. The Morgan fingerprint density at radius 3 is 2.15 bits per heavy atom. The van der Waals surface area contributed by atoms with Gasteiger partial charge >= 0.3 is 103 Å². The molecular weight excluding hydrogens is 785 g/mol. The number of benzene rings is 3. The standard InChI is InChI=1S/C21H8Br4Cl2O4.2K/c1-6-9(22)4-7-13(14-11(26)2-3-12(27)15(14)21(29)30)8-5-10(23)18(28)17(25)20(8)31-19(7)16(6)24;;/h2-5,28H,1H2,(H,29,30);;/q;2*+1/p-2. The number of carboxylic acid groups (broad SMARTS) is 1. The summed E-state index contributed by atoms with van der Waals surface area (Å²) in [7, 11) is 0. The van der Waals surface area contributed by atoms with Gasteiger partial charge in [-0.2, -0.15) is 0 Å². The Bertz CT molecular complexity index is 1450. The number of carboxylic acids is 1. The molecule has 3 aromatic rings. The Balaban J connectivity index is 0.00000193. The molecular formula is C21H6Br4Cl2K2O4. The van der Waals surface area contributed by atoms with Crippen molar-refractivity contribution in [2.24, 2.45) is 0 Å². The predicted octanol–water partition coefficient (Wildman–Crippen LogP) is -0.748. The maximum absolute atomic E-state index is 12.5. The quantitative estimate of drug-likeness (QED) is 0.251. The molecule has 4 nitrogen and oxygen atoms in total. The molecule has 12 heteroatoms. The summed E-state index contributed by atoms with van der Waals surface area (Å²) in [6.07, 6.45) is 0. The fourth-order valence-corrected chi connectivity index (χ4v) is 6.20. The molecule has 0 N–H and O–H groups in total. The van der Waals surface area contributed by atoms with Gasteiger partial charge in [-0.15, -0.1) is 0 Å². The van der Waals surface area contributed by atoms with Crippen LogP contribution < -0.4 is 128 Å². The van der Waals surface area contributed by atoms with Crippen LogP contribution >= 0.6 is 86.9 Å². The zero-order valence-electron chi connectivity index (χ0n) is 16.9. The molecule has 0 bridgehead atoms. The van der Waals surface area contributed by atoms with E-state index in [1.54, 1.807) is 12.1 Å². The van der Waals surface area contributed by atoms with Crippen molar-refractivity contribution in [3.05, 3.63) is 79.3 Å². The number of aromatic carboxylic acids is 1. The van der Waals surface area contributed by atoms with E-state index in [1.807, 2.05) is 0 Å². The van der Waals surface area contributed by atoms with Crippen LogP contribution in [0.4, 0.5) is 0 Å². The Labute approximate surface area is 317 Å². The van der Waals surface area contributed by atoms with Crippen LogP contribution in [0.3, 0.4) is 0 Å². The van der Waals surface area contributed by atoms with Crippen LogP contribution in [-0.2, 0) is 0 Å². The number of fused-ring (bicyclic) bond motifs is 2. The van der Waals surface area contributed by atoms with Crippen LogP contribution in [-0.4, -0.2) is 5.97 Å². The van der Waals surface area contributed by atoms with E-state index in [9.17, 15) is 15.0 Å². The van der Waals surface area contributed by atoms with Crippen molar-refractivity contribution in [1.82, 2.24) is 0 Å². The summed E-state index contributed by atoms with van der Waals surface area (Å²) in [5, 5.41) is 25.8. The first-order valence-corrected chi connectivity index (χ1v) is 12.3. The normalized spacial score (nSPS) is 11.5. The van der Waals surface area contributed by atoms with Gasteiger partial charge < -0.3 is 19.7 Å². The molecule has 0 atom stereocenters. The first-order valence-electron chi connectivity index (χ1n) is 8.32. The van der Waals surface area contributed by atoms with Gasteiger partial charge in [0.15, 0.2) is 0 Å². The fraction of sp³-hybridized carbons (Fsp3) is 0. The monoisotopic (exact) mass is 786 g/mol. The molecule has 0 aromatic heterocycles. The van der Waals surface area contributed by atoms with Crippen LogP contribution in [0.2, 0.25) is 10.0 Å². The minimum atomic E-state index is -1.49. The van der Waals surface area contributed by atoms with Crippen molar-refractivity contribution in [3.63, 3.8) is 0 Å². The molecule has 1 heterocycles. The third kappa shape index (κ3) is 5.67. The number of hydrogen-bond acceptors (Lipinski definition) is 4. The molecule has 33 heavy (non-hydrogen) atoms. The van der Waals surface area contributed by atoms with Gasteiger partial charge in [0.2, 0.25) is 0 Å². The number of rotatable bonds is 2. The largest absolute Gasteiger partial charge is 1.00 e. The summed E-state index contributed by atoms with van der Waals surface area (Å²) in [5.41, 5.74) is 0.722. The molecule has 0 radical (unpaired) electrons. The van der Waals surface area contributed by atoms with Gasteiger partial charge in [-0.1, -0.05) is 67.4 Å². The topological polar surface area (TPSA) is 72.4 Å². The van der Waals surface area contributed by atoms with Gasteiger partial charge in [0.05, 0.1) is 19.9 Å². The summed E-state index contributed by atoms with van der Waals surface area (Å²) >= 11 is 26.2. The van der Waals surface area contributed by atoms with Gasteiger partial charge in [-0.25, -0.2) is 0 Å². The second kappa shape index (κ2) is 12.4. The van der Waals surface area contributed by atoms with Crippen molar-refractivity contribution in [2.75, 3.05) is 0 Å². The predicted molar refractivity (Wildman–Crippen MR) is 130 cm³/mol. The number of carbonyl (C=O) groups excluding carboxylic acids is 1. The SMILES string of the molecule is C=c1c(Br)cc2c(c1Br)Oc1c(cc(Br)c([O-])c1Br)C=2c1c(Cl)ccc(Cl)c1C(=O)[O-].[K+].[K+]. The number of ether oxygens (including phenoxy) is 1. The molecule has 0 amide bonds. The molecule has 0 saturated heterocycles. The van der Waals surface area contributed by atoms with E-state index < -0.39 is 5.97 Å². The third-order valence-corrected chi connectivity index (χ3v) is 8.19.